The van der Waals surface area contributed by atoms with Gasteiger partial charge in [-0.15, -0.1) is 0 Å². The van der Waals surface area contributed by atoms with Crippen LogP contribution in [0.1, 0.15) is 0 Å². The molecular weight excluding hydrogens is 114 g/mol. The van der Waals surface area contributed by atoms with Crippen molar-refractivity contribution in [1.29, 1.82) is 0 Å². The SMILES string of the molecule is N.OCC(O)(O)CO. The van der Waals surface area contributed by atoms with Gasteiger partial charge in [-0.05, 0) is 0 Å². The molecule has 0 radical (unpaired) electrons. The molecule has 0 atom stereocenters. The average Bonchev–Trinajstić information content (AvgIpc) is 1.68. The van der Waals surface area contributed by atoms with E-state index < -0.39 is 19.0 Å². The minimum Gasteiger partial charge on any atom is -0.391 e. The van der Waals surface area contributed by atoms with E-state index >= 15 is 0 Å². The number of aliphatic hydroxyl groups is 4. The second kappa shape index (κ2) is 3.76. The first-order valence-corrected chi connectivity index (χ1v) is 1.79. The second-order valence-corrected chi connectivity index (χ2v) is 1.30. The first kappa shape index (κ1) is 10.7. The van der Waals surface area contributed by atoms with Crippen LogP contribution in [0.15, 0.2) is 0 Å². The fraction of sp³-hybridized carbons (Fsp3) is 1.00. The number of hydrogen-bond acceptors (Lipinski definition) is 5. The maximum atomic E-state index is 8.19. The van der Waals surface area contributed by atoms with E-state index in [9.17, 15) is 0 Å². The fourth-order valence-electron chi connectivity index (χ4n) is 0.0500. The lowest BCUT2D eigenvalue weighted by atomic mass is 10.3. The zero-order chi connectivity index (χ0) is 5.91. The van der Waals surface area contributed by atoms with Crippen LogP contribution in [0.2, 0.25) is 0 Å². The zero-order valence-electron chi connectivity index (χ0n) is 4.41. The molecule has 0 aliphatic heterocycles. The van der Waals surface area contributed by atoms with E-state index in [1.807, 2.05) is 0 Å². The van der Waals surface area contributed by atoms with Gasteiger partial charge in [0, 0.05) is 0 Å². The van der Waals surface area contributed by atoms with Gasteiger partial charge in [-0.2, -0.15) is 0 Å². The molecule has 0 saturated heterocycles. The molecule has 0 unspecified atom stereocenters. The van der Waals surface area contributed by atoms with Crippen LogP contribution in [0.4, 0.5) is 0 Å². The van der Waals surface area contributed by atoms with E-state index in [0.717, 1.165) is 0 Å². The summed E-state index contributed by atoms with van der Waals surface area (Å²) in [7, 11) is 0. The van der Waals surface area contributed by atoms with E-state index in [0.29, 0.717) is 0 Å². The highest BCUT2D eigenvalue weighted by Gasteiger charge is 2.18. The van der Waals surface area contributed by atoms with Crippen LogP contribution in [0.5, 0.6) is 0 Å². The molecule has 0 aliphatic rings. The van der Waals surface area contributed by atoms with Gasteiger partial charge in [0.25, 0.3) is 0 Å². The van der Waals surface area contributed by atoms with Gasteiger partial charge in [0.2, 0.25) is 5.79 Å². The highest BCUT2D eigenvalue weighted by Crippen LogP contribution is 1.91. The molecule has 0 rings (SSSR count). The summed E-state index contributed by atoms with van der Waals surface area (Å²) in [5.41, 5.74) is 0. The molecule has 0 bridgehead atoms. The monoisotopic (exact) mass is 125 g/mol. The smallest absolute Gasteiger partial charge is 0.210 e. The third kappa shape index (κ3) is 3.97. The molecule has 0 fully saturated rings. The quantitative estimate of drug-likeness (QED) is 0.269. The van der Waals surface area contributed by atoms with E-state index in [-0.39, 0.29) is 6.15 Å². The summed E-state index contributed by atoms with van der Waals surface area (Å²) in [5, 5.41) is 32.2. The normalized spacial score (nSPS) is 10.5. The highest BCUT2D eigenvalue weighted by atomic mass is 16.5. The first-order valence-electron chi connectivity index (χ1n) is 1.79. The Morgan fingerprint density at radius 2 is 1.25 bits per heavy atom. The lowest BCUT2D eigenvalue weighted by Gasteiger charge is -2.13. The van der Waals surface area contributed by atoms with Crippen molar-refractivity contribution < 1.29 is 20.4 Å². The van der Waals surface area contributed by atoms with Crippen molar-refractivity contribution in [1.82, 2.24) is 6.15 Å². The third-order valence-corrected chi connectivity index (χ3v) is 0.506. The Balaban J connectivity index is 0. The van der Waals surface area contributed by atoms with Crippen molar-refractivity contribution in [2.45, 2.75) is 5.79 Å². The van der Waals surface area contributed by atoms with Crippen LogP contribution < -0.4 is 6.15 Å². The van der Waals surface area contributed by atoms with Gasteiger partial charge in [0.15, 0.2) is 0 Å². The van der Waals surface area contributed by atoms with Crippen LogP contribution in [0.25, 0.3) is 0 Å². The lowest BCUT2D eigenvalue weighted by Crippen LogP contribution is -2.36. The van der Waals surface area contributed by atoms with E-state index in [4.69, 9.17) is 20.4 Å². The molecule has 0 aromatic carbocycles. The highest BCUT2D eigenvalue weighted by molar-refractivity contribution is 4.56. The maximum absolute atomic E-state index is 8.19. The summed E-state index contributed by atoms with van der Waals surface area (Å²) in [6, 6.07) is 0. The van der Waals surface area contributed by atoms with Gasteiger partial charge in [-0.3, -0.25) is 0 Å². The predicted octanol–water partition coefficient (Wildman–Crippen LogP) is -2.19. The summed E-state index contributed by atoms with van der Waals surface area (Å²) < 4.78 is 0. The van der Waals surface area contributed by atoms with Crippen molar-refractivity contribution in [3.63, 3.8) is 0 Å². The Bertz CT molecular complexity index is 49.2. The summed E-state index contributed by atoms with van der Waals surface area (Å²) in [6.45, 7) is -1.69. The predicted molar refractivity (Wildman–Crippen MR) is 26.4 cm³/mol. The molecule has 0 saturated carbocycles. The van der Waals surface area contributed by atoms with Crippen molar-refractivity contribution in [2.24, 2.45) is 0 Å². The fourth-order valence-corrected chi connectivity index (χ4v) is 0.0500. The number of rotatable bonds is 2. The van der Waals surface area contributed by atoms with Crippen molar-refractivity contribution in [2.75, 3.05) is 13.2 Å². The Morgan fingerprint density at radius 1 is 1.00 bits per heavy atom. The summed E-state index contributed by atoms with van der Waals surface area (Å²) in [4.78, 5) is 0. The molecule has 8 heavy (non-hydrogen) atoms. The Labute approximate surface area is 46.8 Å². The van der Waals surface area contributed by atoms with Crippen LogP contribution in [-0.4, -0.2) is 39.4 Å². The molecule has 0 aromatic rings. The first-order chi connectivity index (χ1) is 3.12. The summed E-state index contributed by atoms with van der Waals surface area (Å²) in [6.07, 6.45) is 0. The van der Waals surface area contributed by atoms with E-state index in [2.05, 4.69) is 0 Å². The van der Waals surface area contributed by atoms with Gasteiger partial charge >= 0.3 is 0 Å². The van der Waals surface area contributed by atoms with Gasteiger partial charge in [0.05, 0.1) is 13.2 Å². The van der Waals surface area contributed by atoms with Gasteiger partial charge in [0.1, 0.15) is 0 Å². The van der Waals surface area contributed by atoms with Crippen LogP contribution in [0.3, 0.4) is 0 Å². The molecule has 0 spiro atoms. The van der Waals surface area contributed by atoms with Crippen LogP contribution in [0, 0.1) is 0 Å². The third-order valence-electron chi connectivity index (χ3n) is 0.506. The van der Waals surface area contributed by atoms with Gasteiger partial charge < -0.3 is 26.6 Å². The molecule has 7 N–H and O–H groups in total. The largest absolute Gasteiger partial charge is 0.391 e. The van der Waals surface area contributed by atoms with Crippen LogP contribution in [-0.2, 0) is 0 Å². The molecule has 0 aromatic heterocycles. The molecule has 0 aliphatic carbocycles. The van der Waals surface area contributed by atoms with Crippen molar-refractivity contribution in [3.05, 3.63) is 0 Å². The molecular formula is C3H11NO4. The minimum absolute atomic E-state index is 0. The lowest BCUT2D eigenvalue weighted by molar-refractivity contribution is -0.208. The molecule has 0 heterocycles. The molecule has 0 amide bonds. The Kier molecular flexibility index (Phi) is 5.04. The number of hydrogen-bond donors (Lipinski definition) is 5. The average molecular weight is 125 g/mol. The minimum atomic E-state index is -2.31. The second-order valence-electron chi connectivity index (χ2n) is 1.30. The van der Waals surface area contributed by atoms with Gasteiger partial charge in [-0.1, -0.05) is 0 Å². The number of aliphatic hydroxyl groups excluding tert-OH is 2. The Hall–Kier alpha value is -0.200. The van der Waals surface area contributed by atoms with E-state index in [1.54, 1.807) is 0 Å². The van der Waals surface area contributed by atoms with Gasteiger partial charge in [-0.25, -0.2) is 0 Å². The van der Waals surface area contributed by atoms with Crippen molar-refractivity contribution >= 4 is 0 Å². The molecule has 52 valence electrons. The topological polar surface area (TPSA) is 116 Å². The molecule has 5 heteroatoms. The maximum Gasteiger partial charge on any atom is 0.210 e. The van der Waals surface area contributed by atoms with Crippen molar-refractivity contribution in [3.8, 4) is 0 Å². The standard InChI is InChI=1S/C3H8O4.H3N/c4-1-3(6,7)2-5;/h4-7H,1-2H2;1H3. The summed E-state index contributed by atoms with van der Waals surface area (Å²) in [5.74, 6) is -2.31. The van der Waals surface area contributed by atoms with E-state index in [1.165, 1.54) is 0 Å². The van der Waals surface area contributed by atoms with Crippen LogP contribution >= 0.6 is 0 Å². The zero-order valence-corrected chi connectivity index (χ0v) is 4.41. The molecule has 5 nitrogen and oxygen atoms in total. The summed E-state index contributed by atoms with van der Waals surface area (Å²) >= 11 is 0. The Morgan fingerprint density at radius 3 is 1.25 bits per heavy atom.